The Labute approximate surface area is 121 Å². The average Bonchev–Trinajstić information content (AvgIpc) is 2.70. The molecule has 0 heterocycles. The fraction of sp³-hybridized carbons (Fsp3) is 0.625. The maximum absolute atomic E-state index is 10.8. The van der Waals surface area contributed by atoms with Crippen LogP contribution in [-0.2, 0) is 0 Å². The largest absolute Gasteiger partial charge is 0.392 e. The SMILES string of the molecule is CC1(C)CCCC1C(O)C(CN)c1cccc(Cl)c1. The molecule has 1 saturated carbocycles. The Morgan fingerprint density at radius 1 is 1.47 bits per heavy atom. The van der Waals surface area contributed by atoms with Crippen LogP contribution in [0.4, 0.5) is 0 Å². The van der Waals surface area contributed by atoms with Gasteiger partial charge >= 0.3 is 0 Å². The van der Waals surface area contributed by atoms with Gasteiger partial charge in [0.15, 0.2) is 0 Å². The van der Waals surface area contributed by atoms with Crippen LogP contribution in [0, 0.1) is 11.3 Å². The maximum atomic E-state index is 10.8. The van der Waals surface area contributed by atoms with Gasteiger partial charge in [-0.05, 0) is 41.9 Å². The van der Waals surface area contributed by atoms with E-state index in [1.807, 2.05) is 24.3 Å². The van der Waals surface area contributed by atoms with Crippen LogP contribution < -0.4 is 5.73 Å². The zero-order valence-corrected chi connectivity index (χ0v) is 12.5. The Hall–Kier alpha value is -0.570. The molecule has 0 aromatic heterocycles. The lowest BCUT2D eigenvalue weighted by Crippen LogP contribution is -2.37. The van der Waals surface area contributed by atoms with Crippen molar-refractivity contribution in [3.8, 4) is 0 Å². The highest BCUT2D eigenvalue weighted by molar-refractivity contribution is 6.30. The van der Waals surface area contributed by atoms with Gasteiger partial charge in [-0.15, -0.1) is 0 Å². The highest BCUT2D eigenvalue weighted by Crippen LogP contribution is 2.47. The Kier molecular flexibility index (Phi) is 4.54. The van der Waals surface area contributed by atoms with E-state index < -0.39 is 0 Å². The van der Waals surface area contributed by atoms with E-state index in [0.29, 0.717) is 17.5 Å². The molecule has 2 rings (SSSR count). The number of hydrogen-bond donors (Lipinski definition) is 2. The van der Waals surface area contributed by atoms with Crippen LogP contribution in [0.5, 0.6) is 0 Å². The summed E-state index contributed by atoms with van der Waals surface area (Å²) in [6.45, 7) is 4.95. The molecule has 3 unspecified atom stereocenters. The van der Waals surface area contributed by atoms with Crippen LogP contribution in [0.3, 0.4) is 0 Å². The van der Waals surface area contributed by atoms with Gasteiger partial charge in [0.1, 0.15) is 0 Å². The van der Waals surface area contributed by atoms with Crippen molar-refractivity contribution < 1.29 is 5.11 Å². The molecule has 1 aliphatic rings. The third kappa shape index (κ3) is 3.13. The van der Waals surface area contributed by atoms with E-state index in [1.54, 1.807) is 0 Å². The second kappa shape index (κ2) is 5.82. The van der Waals surface area contributed by atoms with Crippen molar-refractivity contribution >= 4 is 11.6 Å². The van der Waals surface area contributed by atoms with Gasteiger partial charge in [-0.2, -0.15) is 0 Å². The molecule has 0 radical (unpaired) electrons. The van der Waals surface area contributed by atoms with Crippen molar-refractivity contribution in [3.63, 3.8) is 0 Å². The summed E-state index contributed by atoms with van der Waals surface area (Å²) >= 11 is 6.04. The second-order valence-electron chi connectivity index (χ2n) is 6.38. The number of nitrogens with two attached hydrogens (primary N) is 1. The minimum atomic E-state index is -0.388. The number of hydrogen-bond acceptors (Lipinski definition) is 2. The van der Waals surface area contributed by atoms with Gasteiger partial charge in [0, 0.05) is 17.5 Å². The van der Waals surface area contributed by atoms with Crippen molar-refractivity contribution in [3.05, 3.63) is 34.9 Å². The first kappa shape index (κ1) is 14.8. The quantitative estimate of drug-likeness (QED) is 0.886. The molecule has 1 aromatic carbocycles. The van der Waals surface area contributed by atoms with Crippen LogP contribution >= 0.6 is 11.6 Å². The first-order chi connectivity index (χ1) is 8.95. The molecule has 0 aliphatic heterocycles. The van der Waals surface area contributed by atoms with Crippen molar-refractivity contribution in [2.45, 2.75) is 45.1 Å². The van der Waals surface area contributed by atoms with Gasteiger partial charge in [0.25, 0.3) is 0 Å². The number of aliphatic hydroxyl groups is 1. The summed E-state index contributed by atoms with van der Waals surface area (Å²) in [5, 5.41) is 11.5. The molecule has 1 aliphatic carbocycles. The van der Waals surface area contributed by atoms with E-state index in [0.717, 1.165) is 12.0 Å². The van der Waals surface area contributed by atoms with E-state index >= 15 is 0 Å². The summed E-state index contributed by atoms with van der Waals surface area (Å²) in [5.41, 5.74) is 7.16. The molecule has 0 saturated heterocycles. The number of halogens is 1. The number of benzene rings is 1. The smallest absolute Gasteiger partial charge is 0.0654 e. The predicted molar refractivity (Wildman–Crippen MR) is 80.4 cm³/mol. The van der Waals surface area contributed by atoms with Gasteiger partial charge in [0.05, 0.1) is 6.10 Å². The molecule has 0 amide bonds. The Morgan fingerprint density at radius 3 is 2.74 bits per heavy atom. The molecular formula is C16H24ClNO. The monoisotopic (exact) mass is 281 g/mol. The summed E-state index contributed by atoms with van der Waals surface area (Å²) in [4.78, 5) is 0. The molecule has 19 heavy (non-hydrogen) atoms. The molecule has 1 aromatic rings. The summed E-state index contributed by atoms with van der Waals surface area (Å²) in [6, 6.07) is 7.70. The summed E-state index contributed by atoms with van der Waals surface area (Å²) in [5.74, 6) is 0.293. The van der Waals surface area contributed by atoms with Crippen molar-refractivity contribution in [2.75, 3.05) is 6.54 Å². The normalized spacial score (nSPS) is 25.2. The lowest BCUT2D eigenvalue weighted by atomic mass is 9.73. The Morgan fingerprint density at radius 2 is 2.21 bits per heavy atom. The van der Waals surface area contributed by atoms with Crippen molar-refractivity contribution in [2.24, 2.45) is 17.1 Å². The van der Waals surface area contributed by atoms with Gasteiger partial charge in [-0.1, -0.05) is 44.0 Å². The Balaban J connectivity index is 2.22. The first-order valence-electron chi connectivity index (χ1n) is 7.09. The second-order valence-corrected chi connectivity index (χ2v) is 6.81. The molecule has 1 fully saturated rings. The van der Waals surface area contributed by atoms with Crippen LogP contribution in [0.15, 0.2) is 24.3 Å². The molecule has 0 spiro atoms. The fourth-order valence-electron chi connectivity index (χ4n) is 3.48. The molecule has 3 N–H and O–H groups in total. The highest BCUT2D eigenvalue weighted by atomic mass is 35.5. The number of rotatable bonds is 4. The molecule has 0 bridgehead atoms. The third-order valence-electron chi connectivity index (χ3n) is 4.70. The van der Waals surface area contributed by atoms with Crippen LogP contribution in [0.2, 0.25) is 5.02 Å². The molecular weight excluding hydrogens is 258 g/mol. The van der Waals surface area contributed by atoms with E-state index in [2.05, 4.69) is 13.8 Å². The standard InChI is InChI=1S/C16H24ClNO/c1-16(2)8-4-7-14(16)15(19)13(10-18)11-5-3-6-12(17)9-11/h3,5-6,9,13-15,19H,4,7-8,10,18H2,1-2H3. The lowest BCUT2D eigenvalue weighted by molar-refractivity contribution is 0.0346. The van der Waals surface area contributed by atoms with Crippen LogP contribution in [-0.4, -0.2) is 17.8 Å². The molecule has 2 nitrogen and oxygen atoms in total. The summed E-state index contributed by atoms with van der Waals surface area (Å²) in [6.07, 6.45) is 3.08. The minimum Gasteiger partial charge on any atom is -0.392 e. The van der Waals surface area contributed by atoms with Gasteiger partial charge in [-0.25, -0.2) is 0 Å². The van der Waals surface area contributed by atoms with Crippen molar-refractivity contribution in [1.82, 2.24) is 0 Å². The predicted octanol–water partition coefficient (Wildman–Crippen LogP) is 3.57. The lowest BCUT2D eigenvalue weighted by Gasteiger charge is -2.35. The van der Waals surface area contributed by atoms with E-state index in [4.69, 9.17) is 17.3 Å². The first-order valence-corrected chi connectivity index (χ1v) is 7.47. The zero-order valence-electron chi connectivity index (χ0n) is 11.8. The van der Waals surface area contributed by atoms with Gasteiger partial charge in [-0.3, -0.25) is 0 Å². The van der Waals surface area contributed by atoms with Gasteiger partial charge < -0.3 is 10.8 Å². The third-order valence-corrected chi connectivity index (χ3v) is 4.93. The average molecular weight is 282 g/mol. The molecule has 3 atom stereocenters. The van der Waals surface area contributed by atoms with Crippen LogP contribution in [0.1, 0.15) is 44.6 Å². The maximum Gasteiger partial charge on any atom is 0.0654 e. The topological polar surface area (TPSA) is 46.2 Å². The van der Waals surface area contributed by atoms with E-state index in [-0.39, 0.29) is 17.4 Å². The minimum absolute atomic E-state index is 0.0268. The highest BCUT2D eigenvalue weighted by Gasteiger charge is 2.41. The van der Waals surface area contributed by atoms with Crippen LogP contribution in [0.25, 0.3) is 0 Å². The summed E-state index contributed by atoms with van der Waals surface area (Å²) in [7, 11) is 0. The Bertz CT molecular complexity index is 433. The van der Waals surface area contributed by atoms with Crippen molar-refractivity contribution in [1.29, 1.82) is 0 Å². The molecule has 3 heteroatoms. The van der Waals surface area contributed by atoms with E-state index in [9.17, 15) is 5.11 Å². The van der Waals surface area contributed by atoms with E-state index in [1.165, 1.54) is 12.8 Å². The molecule has 106 valence electrons. The van der Waals surface area contributed by atoms with Gasteiger partial charge in [0.2, 0.25) is 0 Å². The number of aliphatic hydroxyl groups excluding tert-OH is 1. The summed E-state index contributed by atoms with van der Waals surface area (Å²) < 4.78 is 0. The zero-order chi connectivity index (χ0) is 14.0. The fourth-order valence-corrected chi connectivity index (χ4v) is 3.68.